The van der Waals surface area contributed by atoms with E-state index in [1.807, 2.05) is 30.3 Å². The Kier molecular flexibility index (Phi) is 11.0. The lowest BCUT2D eigenvalue weighted by molar-refractivity contribution is -0.480. The van der Waals surface area contributed by atoms with E-state index in [0.29, 0.717) is 0 Å². The summed E-state index contributed by atoms with van der Waals surface area (Å²) >= 11 is 0. The molecule has 4 heteroatoms. The third kappa shape index (κ3) is 11.1. The lowest BCUT2D eigenvalue weighted by Crippen LogP contribution is -1.99. The summed E-state index contributed by atoms with van der Waals surface area (Å²) in [6.07, 6.45) is 11.6. The molecule has 0 fully saturated rings. The Bertz CT molecular complexity index is 381. The van der Waals surface area contributed by atoms with E-state index < -0.39 is 0 Å². The molecule has 0 N–H and O–H groups in total. The van der Waals surface area contributed by atoms with E-state index in [0.717, 1.165) is 38.0 Å². The van der Waals surface area contributed by atoms with Gasteiger partial charge in [0, 0.05) is 11.3 Å². The van der Waals surface area contributed by atoms with Gasteiger partial charge in [-0.3, -0.25) is 10.1 Å². The Labute approximate surface area is 134 Å². The van der Waals surface area contributed by atoms with Crippen molar-refractivity contribution in [2.45, 2.75) is 64.2 Å². The number of unbranched alkanes of at least 4 members (excludes halogenated alkanes) is 9. The third-order valence-electron chi connectivity index (χ3n) is 3.75. The lowest BCUT2D eigenvalue weighted by atomic mass is 10.1. The van der Waals surface area contributed by atoms with Crippen LogP contribution in [0.15, 0.2) is 30.3 Å². The first kappa shape index (κ1) is 18.5. The Morgan fingerprint density at radius 3 is 1.82 bits per heavy atom. The molecule has 124 valence electrons. The van der Waals surface area contributed by atoms with Crippen LogP contribution in [0.25, 0.3) is 0 Å². The van der Waals surface area contributed by atoms with E-state index in [-0.39, 0.29) is 11.5 Å². The molecule has 1 rings (SSSR count). The molecular formula is C18H29NO3. The van der Waals surface area contributed by atoms with Crippen LogP contribution in [0, 0.1) is 10.1 Å². The van der Waals surface area contributed by atoms with E-state index in [1.165, 1.54) is 38.5 Å². The summed E-state index contributed by atoms with van der Waals surface area (Å²) in [4.78, 5) is 9.94. The topological polar surface area (TPSA) is 52.4 Å². The molecule has 0 aliphatic rings. The van der Waals surface area contributed by atoms with Crippen molar-refractivity contribution in [2.24, 2.45) is 0 Å². The summed E-state index contributed by atoms with van der Waals surface area (Å²) in [6.45, 7) is 0.936. The normalized spacial score (nSPS) is 10.5. The summed E-state index contributed by atoms with van der Waals surface area (Å²) < 4.78 is 5.66. The fourth-order valence-electron chi connectivity index (χ4n) is 2.46. The van der Waals surface area contributed by atoms with E-state index in [2.05, 4.69) is 0 Å². The van der Waals surface area contributed by atoms with Crippen LogP contribution in [0.4, 0.5) is 0 Å². The smallest absolute Gasteiger partial charge is 0.203 e. The fourth-order valence-corrected chi connectivity index (χ4v) is 2.46. The Balaban J connectivity index is 1.76. The van der Waals surface area contributed by atoms with Gasteiger partial charge in [-0.05, 0) is 25.0 Å². The molecule has 0 aliphatic heterocycles. The maximum absolute atomic E-state index is 10.2. The monoisotopic (exact) mass is 307 g/mol. The summed E-state index contributed by atoms with van der Waals surface area (Å²) in [7, 11) is 0. The molecule has 0 heterocycles. The molecule has 0 aliphatic carbocycles. The molecule has 1 aromatic carbocycles. The number of hydrogen-bond acceptors (Lipinski definition) is 3. The number of benzene rings is 1. The van der Waals surface area contributed by atoms with Gasteiger partial charge in [0.15, 0.2) is 0 Å². The quantitative estimate of drug-likeness (QED) is 0.268. The molecule has 0 bridgehead atoms. The highest BCUT2D eigenvalue weighted by molar-refractivity contribution is 5.20. The second-order valence-corrected chi connectivity index (χ2v) is 5.75. The molecule has 22 heavy (non-hydrogen) atoms. The average Bonchev–Trinajstić information content (AvgIpc) is 2.52. The Morgan fingerprint density at radius 1 is 0.773 bits per heavy atom. The summed E-state index contributed by atoms with van der Waals surface area (Å²) in [5.74, 6) is 0.958. The van der Waals surface area contributed by atoms with Crippen LogP contribution in [0.3, 0.4) is 0 Å². The third-order valence-corrected chi connectivity index (χ3v) is 3.75. The zero-order chi connectivity index (χ0) is 15.9. The first-order valence-electron chi connectivity index (χ1n) is 8.58. The maximum atomic E-state index is 10.2. The zero-order valence-corrected chi connectivity index (χ0v) is 13.5. The first-order chi connectivity index (χ1) is 10.8. The van der Waals surface area contributed by atoms with Gasteiger partial charge in [-0.25, -0.2) is 0 Å². The highest BCUT2D eigenvalue weighted by Crippen LogP contribution is 2.12. The van der Waals surface area contributed by atoms with Crippen LogP contribution >= 0.6 is 0 Å². The van der Waals surface area contributed by atoms with Crippen molar-refractivity contribution >= 4 is 0 Å². The first-order valence-corrected chi connectivity index (χ1v) is 8.58. The number of ether oxygens (including phenoxy) is 1. The summed E-state index contributed by atoms with van der Waals surface area (Å²) in [5.41, 5.74) is 0. The highest BCUT2D eigenvalue weighted by Gasteiger charge is 1.97. The van der Waals surface area contributed by atoms with Gasteiger partial charge in [-0.1, -0.05) is 63.1 Å². The van der Waals surface area contributed by atoms with Gasteiger partial charge in [-0.2, -0.15) is 0 Å². The van der Waals surface area contributed by atoms with Crippen molar-refractivity contribution in [2.75, 3.05) is 13.2 Å². The molecule has 0 amide bonds. The van der Waals surface area contributed by atoms with E-state index in [4.69, 9.17) is 4.74 Å². The standard InChI is InChI=1S/C18H29NO3/c20-19(21)16-12-7-5-3-1-2-4-6-8-13-17-22-18-14-10-9-11-15-18/h9-11,14-15H,1-8,12-13,16-17H2. The van der Waals surface area contributed by atoms with Crippen LogP contribution in [-0.4, -0.2) is 18.1 Å². The van der Waals surface area contributed by atoms with Crippen molar-refractivity contribution in [3.05, 3.63) is 40.4 Å². The number of nitrogens with zero attached hydrogens (tertiary/aromatic N) is 1. The molecule has 0 saturated heterocycles. The van der Waals surface area contributed by atoms with Gasteiger partial charge >= 0.3 is 0 Å². The number of rotatable bonds is 14. The number of hydrogen-bond donors (Lipinski definition) is 0. The molecule has 1 aromatic rings. The molecule has 0 saturated carbocycles. The largest absolute Gasteiger partial charge is 0.494 e. The second kappa shape index (κ2) is 13.1. The van der Waals surface area contributed by atoms with Crippen molar-refractivity contribution in [3.8, 4) is 5.75 Å². The molecule has 4 nitrogen and oxygen atoms in total. The Morgan fingerprint density at radius 2 is 1.27 bits per heavy atom. The molecule has 0 aromatic heterocycles. The number of nitro groups is 1. The zero-order valence-electron chi connectivity index (χ0n) is 13.5. The van der Waals surface area contributed by atoms with Crippen LogP contribution < -0.4 is 4.74 Å². The minimum Gasteiger partial charge on any atom is -0.494 e. The highest BCUT2D eigenvalue weighted by atomic mass is 16.6. The second-order valence-electron chi connectivity index (χ2n) is 5.75. The SMILES string of the molecule is O=[N+]([O-])CCCCCCCCCCCCOc1ccccc1. The minimum atomic E-state index is -0.221. The molecular weight excluding hydrogens is 278 g/mol. The lowest BCUT2D eigenvalue weighted by Gasteiger charge is -2.05. The van der Waals surface area contributed by atoms with Gasteiger partial charge in [0.05, 0.1) is 6.61 Å². The van der Waals surface area contributed by atoms with Gasteiger partial charge < -0.3 is 4.74 Å². The van der Waals surface area contributed by atoms with E-state index in [9.17, 15) is 10.1 Å². The van der Waals surface area contributed by atoms with Gasteiger partial charge in [0.25, 0.3) is 0 Å². The van der Waals surface area contributed by atoms with E-state index >= 15 is 0 Å². The summed E-state index contributed by atoms with van der Waals surface area (Å²) in [6, 6.07) is 9.96. The maximum Gasteiger partial charge on any atom is 0.203 e. The van der Waals surface area contributed by atoms with Gasteiger partial charge in [0.2, 0.25) is 6.54 Å². The predicted molar refractivity (Wildman–Crippen MR) is 90.0 cm³/mol. The van der Waals surface area contributed by atoms with Crippen LogP contribution in [0.5, 0.6) is 5.75 Å². The molecule has 0 atom stereocenters. The number of para-hydroxylation sites is 1. The molecule has 0 unspecified atom stereocenters. The van der Waals surface area contributed by atoms with Crippen LogP contribution in [0.1, 0.15) is 64.2 Å². The van der Waals surface area contributed by atoms with Gasteiger partial charge in [0.1, 0.15) is 5.75 Å². The van der Waals surface area contributed by atoms with E-state index in [1.54, 1.807) is 0 Å². The average molecular weight is 307 g/mol. The molecule has 0 radical (unpaired) electrons. The minimum absolute atomic E-state index is 0.130. The van der Waals surface area contributed by atoms with Gasteiger partial charge in [-0.15, -0.1) is 0 Å². The van der Waals surface area contributed by atoms with Crippen molar-refractivity contribution in [1.82, 2.24) is 0 Å². The molecule has 0 spiro atoms. The van der Waals surface area contributed by atoms with Crippen LogP contribution in [0.2, 0.25) is 0 Å². The van der Waals surface area contributed by atoms with Crippen molar-refractivity contribution in [3.63, 3.8) is 0 Å². The van der Waals surface area contributed by atoms with Crippen LogP contribution in [-0.2, 0) is 0 Å². The fraction of sp³-hybridized carbons (Fsp3) is 0.667. The predicted octanol–water partition coefficient (Wildman–Crippen LogP) is 5.24. The van der Waals surface area contributed by atoms with Crippen molar-refractivity contribution < 1.29 is 9.66 Å². The Hall–Kier alpha value is -1.58. The van der Waals surface area contributed by atoms with Crippen molar-refractivity contribution in [1.29, 1.82) is 0 Å². The summed E-state index contributed by atoms with van der Waals surface area (Å²) in [5, 5.41) is 10.2.